The molecular formula is C15H11N2O. The number of anilines is 1. The Morgan fingerprint density at radius 2 is 1.78 bits per heavy atom. The third-order valence-corrected chi connectivity index (χ3v) is 2.50. The van der Waals surface area contributed by atoms with Gasteiger partial charge in [0.2, 0.25) is 0 Å². The molecule has 1 amide bonds. The highest BCUT2D eigenvalue weighted by Crippen LogP contribution is 2.13. The first-order valence-corrected chi connectivity index (χ1v) is 5.43. The predicted molar refractivity (Wildman–Crippen MR) is 70.0 cm³/mol. The second-order valence-corrected chi connectivity index (χ2v) is 3.81. The summed E-state index contributed by atoms with van der Waals surface area (Å²) in [6.45, 7) is 3.77. The fourth-order valence-corrected chi connectivity index (χ4v) is 1.57. The number of nitriles is 1. The van der Waals surface area contributed by atoms with Gasteiger partial charge in [0.05, 0.1) is 17.2 Å². The highest BCUT2D eigenvalue weighted by atomic mass is 16.1. The van der Waals surface area contributed by atoms with Gasteiger partial charge in [0, 0.05) is 5.69 Å². The van der Waals surface area contributed by atoms with Gasteiger partial charge < -0.3 is 5.32 Å². The molecule has 2 aromatic carbocycles. The Kier molecular flexibility index (Phi) is 3.40. The van der Waals surface area contributed by atoms with Crippen molar-refractivity contribution in [2.45, 2.75) is 0 Å². The zero-order valence-corrected chi connectivity index (χ0v) is 9.68. The summed E-state index contributed by atoms with van der Waals surface area (Å²) >= 11 is 0. The Labute approximate surface area is 106 Å². The Morgan fingerprint density at radius 3 is 2.44 bits per heavy atom. The number of carbonyl (C=O) groups is 1. The van der Waals surface area contributed by atoms with Crippen molar-refractivity contribution in [2.24, 2.45) is 0 Å². The van der Waals surface area contributed by atoms with E-state index in [1.165, 1.54) is 0 Å². The van der Waals surface area contributed by atoms with Gasteiger partial charge in [0.1, 0.15) is 0 Å². The van der Waals surface area contributed by atoms with Gasteiger partial charge in [-0.2, -0.15) is 5.26 Å². The van der Waals surface area contributed by atoms with E-state index in [4.69, 9.17) is 5.26 Å². The maximum absolute atomic E-state index is 12.0. The van der Waals surface area contributed by atoms with Crippen molar-refractivity contribution in [3.05, 3.63) is 72.1 Å². The minimum atomic E-state index is -0.288. The molecule has 0 aliphatic rings. The largest absolute Gasteiger partial charge is 0.322 e. The number of nitrogens with zero attached hydrogens (tertiary/aromatic N) is 1. The van der Waals surface area contributed by atoms with Crippen molar-refractivity contribution >= 4 is 11.6 Å². The van der Waals surface area contributed by atoms with E-state index in [1.807, 2.05) is 18.2 Å². The van der Waals surface area contributed by atoms with Crippen LogP contribution in [-0.4, -0.2) is 5.91 Å². The third-order valence-electron chi connectivity index (χ3n) is 2.50. The number of carbonyl (C=O) groups excluding carboxylic acids is 1. The van der Waals surface area contributed by atoms with Crippen LogP contribution >= 0.6 is 0 Å². The van der Waals surface area contributed by atoms with Crippen LogP contribution < -0.4 is 5.32 Å². The highest BCUT2D eigenvalue weighted by molar-refractivity contribution is 6.05. The van der Waals surface area contributed by atoms with E-state index in [1.54, 1.807) is 36.4 Å². The summed E-state index contributed by atoms with van der Waals surface area (Å²) in [4.78, 5) is 12.0. The fourth-order valence-electron chi connectivity index (χ4n) is 1.57. The molecule has 0 fully saturated rings. The summed E-state index contributed by atoms with van der Waals surface area (Å²) < 4.78 is 0. The molecule has 0 saturated carbocycles. The molecule has 0 unspecified atom stereocenters. The molecule has 1 radical (unpaired) electrons. The Bertz CT molecular complexity index is 609. The molecule has 3 nitrogen and oxygen atoms in total. The molecule has 18 heavy (non-hydrogen) atoms. The van der Waals surface area contributed by atoms with Gasteiger partial charge in [0.15, 0.2) is 0 Å². The molecule has 0 aromatic heterocycles. The second-order valence-electron chi connectivity index (χ2n) is 3.81. The van der Waals surface area contributed by atoms with Gasteiger partial charge in [0.25, 0.3) is 5.91 Å². The molecule has 0 bridgehead atoms. The zero-order valence-electron chi connectivity index (χ0n) is 9.68. The first kappa shape index (κ1) is 11.9. The normalized spacial score (nSPS) is 9.56. The smallest absolute Gasteiger partial charge is 0.257 e. The van der Waals surface area contributed by atoms with Crippen molar-refractivity contribution in [2.75, 3.05) is 5.32 Å². The first-order valence-electron chi connectivity index (χ1n) is 5.43. The van der Waals surface area contributed by atoms with Crippen LogP contribution in [0, 0.1) is 18.3 Å². The van der Waals surface area contributed by atoms with E-state index < -0.39 is 0 Å². The van der Waals surface area contributed by atoms with Crippen LogP contribution in [0.25, 0.3) is 0 Å². The number of nitrogens with one attached hydrogen (secondary N) is 1. The molecule has 2 rings (SSSR count). The maximum atomic E-state index is 12.0. The lowest BCUT2D eigenvalue weighted by molar-refractivity contribution is 0.102. The average molecular weight is 235 g/mol. The second kappa shape index (κ2) is 5.15. The van der Waals surface area contributed by atoms with Crippen molar-refractivity contribution in [1.82, 2.24) is 0 Å². The average Bonchev–Trinajstić information content (AvgIpc) is 2.41. The summed E-state index contributed by atoms with van der Waals surface area (Å²) in [5.74, 6) is -0.288. The highest BCUT2D eigenvalue weighted by Gasteiger charge is 2.10. The molecule has 0 saturated heterocycles. The number of rotatable bonds is 2. The Hall–Kier alpha value is -2.60. The molecule has 0 spiro atoms. The topological polar surface area (TPSA) is 52.9 Å². The molecule has 0 atom stereocenters. The van der Waals surface area contributed by atoms with E-state index in [0.29, 0.717) is 16.8 Å². The van der Waals surface area contributed by atoms with Crippen molar-refractivity contribution in [3.8, 4) is 6.07 Å². The number of benzene rings is 2. The van der Waals surface area contributed by atoms with Crippen LogP contribution in [0.3, 0.4) is 0 Å². The lowest BCUT2D eigenvalue weighted by Crippen LogP contribution is -2.13. The summed E-state index contributed by atoms with van der Waals surface area (Å²) in [5, 5.41) is 11.7. The van der Waals surface area contributed by atoms with Gasteiger partial charge in [-0.3, -0.25) is 4.79 Å². The molecule has 3 heteroatoms. The molecule has 2 aromatic rings. The lowest BCUT2D eigenvalue weighted by Gasteiger charge is -2.06. The van der Waals surface area contributed by atoms with Crippen molar-refractivity contribution in [1.29, 1.82) is 5.26 Å². The van der Waals surface area contributed by atoms with E-state index in [0.717, 1.165) is 5.56 Å². The molecule has 0 heterocycles. The third kappa shape index (κ3) is 2.55. The minimum absolute atomic E-state index is 0.288. The quantitative estimate of drug-likeness (QED) is 0.869. The van der Waals surface area contributed by atoms with Gasteiger partial charge in [-0.25, -0.2) is 0 Å². The predicted octanol–water partition coefficient (Wildman–Crippen LogP) is 2.99. The summed E-state index contributed by atoms with van der Waals surface area (Å²) in [7, 11) is 0. The van der Waals surface area contributed by atoms with E-state index in [-0.39, 0.29) is 5.91 Å². The van der Waals surface area contributed by atoms with Crippen LogP contribution in [-0.2, 0) is 0 Å². The Balaban J connectivity index is 2.22. The molecule has 0 aliphatic carbocycles. The van der Waals surface area contributed by atoms with Crippen LogP contribution in [0.1, 0.15) is 21.5 Å². The molecule has 0 aliphatic heterocycles. The van der Waals surface area contributed by atoms with Crippen LogP contribution in [0.2, 0.25) is 0 Å². The Morgan fingerprint density at radius 1 is 1.11 bits per heavy atom. The molecular weight excluding hydrogens is 224 g/mol. The minimum Gasteiger partial charge on any atom is -0.322 e. The summed E-state index contributed by atoms with van der Waals surface area (Å²) in [5.41, 5.74) is 2.30. The lowest BCUT2D eigenvalue weighted by atomic mass is 10.1. The van der Waals surface area contributed by atoms with Crippen molar-refractivity contribution in [3.63, 3.8) is 0 Å². The fraction of sp³-hybridized carbons (Fsp3) is 0. The van der Waals surface area contributed by atoms with E-state index in [9.17, 15) is 4.79 Å². The number of hydrogen-bond acceptors (Lipinski definition) is 2. The van der Waals surface area contributed by atoms with Gasteiger partial charge >= 0.3 is 0 Å². The van der Waals surface area contributed by atoms with E-state index in [2.05, 4.69) is 12.2 Å². The van der Waals surface area contributed by atoms with Crippen LogP contribution in [0.15, 0.2) is 48.5 Å². The van der Waals surface area contributed by atoms with Gasteiger partial charge in [-0.15, -0.1) is 0 Å². The van der Waals surface area contributed by atoms with Gasteiger partial charge in [-0.1, -0.05) is 24.3 Å². The molecule has 87 valence electrons. The first-order chi connectivity index (χ1) is 8.70. The number of amides is 1. The molecule has 1 N–H and O–H groups in total. The van der Waals surface area contributed by atoms with Crippen LogP contribution in [0.5, 0.6) is 0 Å². The van der Waals surface area contributed by atoms with Crippen LogP contribution in [0.4, 0.5) is 5.69 Å². The monoisotopic (exact) mass is 235 g/mol. The summed E-state index contributed by atoms with van der Waals surface area (Å²) in [6, 6.07) is 15.9. The number of hydrogen-bond donors (Lipinski definition) is 1. The summed E-state index contributed by atoms with van der Waals surface area (Å²) in [6.07, 6.45) is 0. The zero-order chi connectivity index (χ0) is 13.0. The maximum Gasteiger partial charge on any atom is 0.257 e. The van der Waals surface area contributed by atoms with Crippen molar-refractivity contribution < 1.29 is 4.79 Å². The SMILES string of the molecule is [CH2]c1ccc(NC(=O)c2ccccc2C#N)cc1. The van der Waals surface area contributed by atoms with E-state index >= 15 is 0 Å². The van der Waals surface area contributed by atoms with Gasteiger partial charge in [-0.05, 0) is 36.8 Å². The standard InChI is InChI=1S/C15H11N2O/c1-11-6-8-13(9-7-11)17-15(18)14-5-3-2-4-12(14)10-16/h2-9H,1H2,(H,17,18).